The smallest absolute Gasteiger partial charge is 0.317 e. The third-order valence-corrected chi connectivity index (χ3v) is 3.06. The Morgan fingerprint density at radius 1 is 1.44 bits per heavy atom. The molecule has 1 aromatic carbocycles. The van der Waals surface area contributed by atoms with E-state index in [1.165, 1.54) is 0 Å². The summed E-state index contributed by atoms with van der Waals surface area (Å²) in [6.45, 7) is 4.63. The van der Waals surface area contributed by atoms with E-state index in [9.17, 15) is 4.79 Å². The van der Waals surface area contributed by atoms with Gasteiger partial charge in [-0.15, -0.1) is 0 Å². The van der Waals surface area contributed by atoms with E-state index in [-0.39, 0.29) is 12.1 Å². The molecule has 3 nitrogen and oxygen atoms in total. The molecule has 0 bridgehead atoms. The second-order valence-electron chi connectivity index (χ2n) is 3.74. The van der Waals surface area contributed by atoms with E-state index in [0.717, 1.165) is 10.0 Å². The number of benzene rings is 1. The first kappa shape index (κ1) is 13.0. The van der Waals surface area contributed by atoms with Crippen LogP contribution in [0.5, 0.6) is 0 Å². The van der Waals surface area contributed by atoms with E-state index in [2.05, 4.69) is 21.2 Å². The fraction of sp³-hybridized carbons (Fsp3) is 0.417. The second-order valence-corrected chi connectivity index (χ2v) is 4.65. The van der Waals surface area contributed by atoms with Gasteiger partial charge >= 0.3 is 6.03 Å². The highest BCUT2D eigenvalue weighted by atomic mass is 79.9. The van der Waals surface area contributed by atoms with Crippen LogP contribution in [0.25, 0.3) is 0 Å². The lowest BCUT2D eigenvalue weighted by atomic mass is 10.1. The Balaban J connectivity index is 2.62. The molecule has 2 amide bonds. The highest BCUT2D eigenvalue weighted by molar-refractivity contribution is 9.10. The number of nitrogens with zero attached hydrogens (tertiary/aromatic N) is 1. The van der Waals surface area contributed by atoms with Gasteiger partial charge in [-0.2, -0.15) is 0 Å². The molecule has 4 heteroatoms. The van der Waals surface area contributed by atoms with Crippen molar-refractivity contribution in [2.75, 3.05) is 13.6 Å². The van der Waals surface area contributed by atoms with Crippen molar-refractivity contribution in [1.29, 1.82) is 0 Å². The monoisotopic (exact) mass is 284 g/mol. The molecule has 0 spiro atoms. The molecular formula is C12H17BrN2O. The Morgan fingerprint density at radius 3 is 2.50 bits per heavy atom. The fourth-order valence-electron chi connectivity index (χ4n) is 1.27. The molecule has 0 radical (unpaired) electrons. The van der Waals surface area contributed by atoms with Crippen LogP contribution in [-0.4, -0.2) is 24.5 Å². The van der Waals surface area contributed by atoms with Crippen LogP contribution in [0, 0.1) is 0 Å². The molecule has 0 aliphatic heterocycles. The zero-order valence-electron chi connectivity index (χ0n) is 9.83. The first-order valence-electron chi connectivity index (χ1n) is 5.31. The number of rotatable bonds is 3. The summed E-state index contributed by atoms with van der Waals surface area (Å²) in [5.74, 6) is 0. The van der Waals surface area contributed by atoms with Gasteiger partial charge in [-0.05, 0) is 31.5 Å². The molecule has 1 N–H and O–H groups in total. The lowest BCUT2D eigenvalue weighted by molar-refractivity contribution is 0.208. The molecule has 0 saturated heterocycles. The molecule has 1 aromatic rings. The van der Waals surface area contributed by atoms with Crippen molar-refractivity contribution in [3.05, 3.63) is 34.3 Å². The largest absolute Gasteiger partial charge is 0.331 e. The van der Waals surface area contributed by atoms with Gasteiger partial charge in [0.05, 0.1) is 6.04 Å². The zero-order valence-corrected chi connectivity index (χ0v) is 11.4. The van der Waals surface area contributed by atoms with Gasteiger partial charge in [0.2, 0.25) is 0 Å². The molecule has 0 aliphatic rings. The number of urea groups is 1. The summed E-state index contributed by atoms with van der Waals surface area (Å²) in [6.07, 6.45) is 0. The third kappa shape index (κ3) is 3.52. The SMILES string of the molecule is CCN(C)C(=O)N[C@@H](C)c1ccc(Br)cc1. The molecule has 0 aromatic heterocycles. The maximum Gasteiger partial charge on any atom is 0.317 e. The van der Waals surface area contributed by atoms with Gasteiger partial charge in [0.1, 0.15) is 0 Å². The van der Waals surface area contributed by atoms with Crippen molar-refractivity contribution in [1.82, 2.24) is 10.2 Å². The summed E-state index contributed by atoms with van der Waals surface area (Å²) >= 11 is 3.38. The minimum Gasteiger partial charge on any atom is -0.331 e. The third-order valence-electron chi connectivity index (χ3n) is 2.53. The van der Waals surface area contributed by atoms with Gasteiger partial charge in [0.15, 0.2) is 0 Å². The average Bonchev–Trinajstić information content (AvgIpc) is 2.28. The molecule has 0 fully saturated rings. The predicted octanol–water partition coefficient (Wildman–Crippen LogP) is 3.17. The molecule has 88 valence electrons. The van der Waals surface area contributed by atoms with E-state index in [1.807, 2.05) is 38.1 Å². The molecule has 0 heterocycles. The predicted molar refractivity (Wildman–Crippen MR) is 69.4 cm³/mol. The van der Waals surface area contributed by atoms with E-state index in [4.69, 9.17) is 0 Å². The van der Waals surface area contributed by atoms with Crippen LogP contribution in [0.3, 0.4) is 0 Å². The summed E-state index contributed by atoms with van der Waals surface area (Å²) in [4.78, 5) is 13.3. The number of carbonyl (C=O) groups is 1. The number of halogens is 1. The summed E-state index contributed by atoms with van der Waals surface area (Å²) < 4.78 is 1.04. The fourth-order valence-corrected chi connectivity index (χ4v) is 1.54. The van der Waals surface area contributed by atoms with Crippen molar-refractivity contribution in [2.45, 2.75) is 19.9 Å². The zero-order chi connectivity index (χ0) is 12.1. The molecule has 1 atom stereocenters. The quantitative estimate of drug-likeness (QED) is 0.909. The van der Waals surface area contributed by atoms with Crippen LogP contribution in [0.15, 0.2) is 28.7 Å². The topological polar surface area (TPSA) is 32.3 Å². The molecule has 16 heavy (non-hydrogen) atoms. The van der Waals surface area contributed by atoms with Crippen molar-refractivity contribution >= 4 is 22.0 Å². The van der Waals surface area contributed by atoms with E-state index < -0.39 is 0 Å². The normalized spacial score (nSPS) is 12.0. The van der Waals surface area contributed by atoms with Crippen LogP contribution >= 0.6 is 15.9 Å². The van der Waals surface area contributed by atoms with Crippen molar-refractivity contribution in [3.63, 3.8) is 0 Å². The number of hydrogen-bond acceptors (Lipinski definition) is 1. The summed E-state index contributed by atoms with van der Waals surface area (Å²) in [5, 5.41) is 2.94. The Bertz CT molecular complexity index is 351. The summed E-state index contributed by atoms with van der Waals surface area (Å²) in [5.41, 5.74) is 1.10. The van der Waals surface area contributed by atoms with Gasteiger partial charge in [0, 0.05) is 18.1 Å². The number of amides is 2. The van der Waals surface area contributed by atoms with Crippen LogP contribution < -0.4 is 5.32 Å². The maximum absolute atomic E-state index is 11.6. The number of nitrogens with one attached hydrogen (secondary N) is 1. The summed E-state index contributed by atoms with van der Waals surface area (Å²) in [6, 6.07) is 7.93. The van der Waals surface area contributed by atoms with E-state index in [0.29, 0.717) is 6.54 Å². The first-order chi connectivity index (χ1) is 7.54. The average molecular weight is 285 g/mol. The summed E-state index contributed by atoms with van der Waals surface area (Å²) in [7, 11) is 1.78. The first-order valence-corrected chi connectivity index (χ1v) is 6.11. The molecule has 0 saturated carbocycles. The van der Waals surface area contributed by atoms with Gasteiger partial charge in [-0.1, -0.05) is 28.1 Å². The molecule has 1 rings (SSSR count). The molecular weight excluding hydrogens is 268 g/mol. The van der Waals surface area contributed by atoms with Gasteiger partial charge in [-0.25, -0.2) is 4.79 Å². The molecule has 0 unspecified atom stereocenters. The molecule has 0 aliphatic carbocycles. The highest BCUT2D eigenvalue weighted by Crippen LogP contribution is 2.16. The van der Waals surface area contributed by atoms with Crippen LogP contribution in [-0.2, 0) is 0 Å². The Labute approximate surface area is 105 Å². The van der Waals surface area contributed by atoms with Crippen LogP contribution in [0.2, 0.25) is 0 Å². The number of carbonyl (C=O) groups excluding carboxylic acids is 1. The van der Waals surface area contributed by atoms with Gasteiger partial charge in [-0.3, -0.25) is 0 Å². The van der Waals surface area contributed by atoms with Crippen LogP contribution in [0.4, 0.5) is 4.79 Å². The lowest BCUT2D eigenvalue weighted by Gasteiger charge is -2.20. The van der Waals surface area contributed by atoms with Crippen molar-refractivity contribution in [3.8, 4) is 0 Å². The van der Waals surface area contributed by atoms with E-state index >= 15 is 0 Å². The Morgan fingerprint density at radius 2 is 2.00 bits per heavy atom. The van der Waals surface area contributed by atoms with Crippen LogP contribution in [0.1, 0.15) is 25.5 Å². The van der Waals surface area contributed by atoms with Crippen molar-refractivity contribution in [2.24, 2.45) is 0 Å². The van der Waals surface area contributed by atoms with E-state index in [1.54, 1.807) is 11.9 Å². The standard InChI is InChI=1S/C12H17BrN2O/c1-4-15(3)12(16)14-9(2)10-5-7-11(13)8-6-10/h5-9H,4H2,1-3H3,(H,14,16)/t9-/m0/s1. The van der Waals surface area contributed by atoms with Gasteiger partial charge in [0.25, 0.3) is 0 Å². The minimum absolute atomic E-state index is 0.0228. The minimum atomic E-state index is -0.0436. The number of hydrogen-bond donors (Lipinski definition) is 1. The lowest BCUT2D eigenvalue weighted by Crippen LogP contribution is -2.38. The van der Waals surface area contributed by atoms with Gasteiger partial charge < -0.3 is 10.2 Å². The van der Waals surface area contributed by atoms with Crippen molar-refractivity contribution < 1.29 is 4.79 Å². The Hall–Kier alpha value is -1.03. The maximum atomic E-state index is 11.6. The highest BCUT2D eigenvalue weighted by Gasteiger charge is 2.11. The second kappa shape index (κ2) is 5.89. The Kier molecular flexibility index (Phi) is 4.80.